The normalized spacial score (nSPS) is 11.2. The van der Waals surface area contributed by atoms with Gasteiger partial charge in [-0.3, -0.25) is 15.1 Å². The van der Waals surface area contributed by atoms with Crippen LogP contribution < -0.4 is 16.0 Å². The molecule has 0 saturated heterocycles. The smallest absolute Gasteiger partial charge is 0.411 e. The van der Waals surface area contributed by atoms with E-state index >= 15 is 0 Å². The van der Waals surface area contributed by atoms with E-state index in [-0.39, 0.29) is 25.3 Å². The van der Waals surface area contributed by atoms with Crippen LogP contribution in [0.15, 0.2) is 67.1 Å². The number of carbonyl (C=O) groups excluding carboxylic acids is 2. The van der Waals surface area contributed by atoms with Crippen molar-refractivity contribution in [3.63, 3.8) is 0 Å². The average molecular weight is 505 g/mol. The van der Waals surface area contributed by atoms with E-state index in [2.05, 4.69) is 42.6 Å². The summed E-state index contributed by atoms with van der Waals surface area (Å²) in [6, 6.07) is 16.8. The maximum Gasteiger partial charge on any atom is 0.411 e. The lowest BCUT2D eigenvalue weighted by Crippen LogP contribution is -2.18. The lowest BCUT2D eigenvalue weighted by atomic mass is 9.96. The summed E-state index contributed by atoms with van der Waals surface area (Å²) in [5.41, 5.74) is 4.73. The SMILES string of the molecule is CNC(=O)c1ccnc2c([C@H](C)CNc3cc(-c4ccc(NC(=O)OC)cc4)ncn3)cccc12.S. The fraction of sp³-hybridized carbons (Fsp3) is 0.192. The Balaban J connectivity index is 0.00000361. The van der Waals surface area contributed by atoms with Gasteiger partial charge in [-0.05, 0) is 23.8 Å². The molecule has 4 rings (SSSR count). The molecule has 2 amide bonds. The van der Waals surface area contributed by atoms with Crippen LogP contribution in [0.25, 0.3) is 22.2 Å². The molecular weight excluding hydrogens is 476 g/mol. The second-order valence-corrected chi connectivity index (χ2v) is 7.95. The number of ether oxygens (including phenoxy) is 1. The van der Waals surface area contributed by atoms with E-state index in [1.54, 1.807) is 31.4 Å². The van der Waals surface area contributed by atoms with Gasteiger partial charge < -0.3 is 15.4 Å². The van der Waals surface area contributed by atoms with Crippen molar-refractivity contribution in [1.82, 2.24) is 20.3 Å². The summed E-state index contributed by atoms with van der Waals surface area (Å²) >= 11 is 0. The topological polar surface area (TPSA) is 118 Å². The molecule has 0 radical (unpaired) electrons. The Hall–Kier alpha value is -4.18. The zero-order valence-electron chi connectivity index (χ0n) is 20.2. The largest absolute Gasteiger partial charge is 0.453 e. The van der Waals surface area contributed by atoms with E-state index in [1.165, 1.54) is 13.4 Å². The minimum Gasteiger partial charge on any atom is -0.453 e. The van der Waals surface area contributed by atoms with Crippen LogP contribution in [0.2, 0.25) is 0 Å². The first-order valence-corrected chi connectivity index (χ1v) is 11.1. The van der Waals surface area contributed by atoms with Crippen molar-refractivity contribution >= 4 is 47.9 Å². The van der Waals surface area contributed by atoms with Gasteiger partial charge in [-0.2, -0.15) is 13.5 Å². The van der Waals surface area contributed by atoms with Crippen LogP contribution >= 0.6 is 13.5 Å². The van der Waals surface area contributed by atoms with Crippen molar-refractivity contribution in [1.29, 1.82) is 0 Å². The van der Waals surface area contributed by atoms with Crippen molar-refractivity contribution in [2.24, 2.45) is 0 Å². The highest BCUT2D eigenvalue weighted by atomic mass is 32.1. The first kappa shape index (κ1) is 26.4. The number of methoxy groups -OCH3 is 1. The number of rotatable bonds is 7. The highest BCUT2D eigenvalue weighted by Crippen LogP contribution is 2.27. The molecule has 0 aliphatic carbocycles. The van der Waals surface area contributed by atoms with Gasteiger partial charge in [0.1, 0.15) is 12.1 Å². The van der Waals surface area contributed by atoms with Crippen LogP contribution in [0.4, 0.5) is 16.3 Å². The molecular formula is C26H28N6O3S. The molecule has 1 atom stereocenters. The Bertz CT molecular complexity index is 1360. The predicted octanol–water partition coefficient (Wildman–Crippen LogP) is 4.56. The van der Waals surface area contributed by atoms with Crippen molar-refractivity contribution in [3.05, 3.63) is 78.2 Å². The summed E-state index contributed by atoms with van der Waals surface area (Å²) in [7, 11) is 2.94. The van der Waals surface area contributed by atoms with E-state index in [9.17, 15) is 9.59 Å². The molecule has 0 unspecified atom stereocenters. The van der Waals surface area contributed by atoms with Crippen LogP contribution in [-0.4, -0.2) is 47.7 Å². The highest BCUT2D eigenvalue weighted by molar-refractivity contribution is 7.59. The van der Waals surface area contributed by atoms with Gasteiger partial charge in [0.25, 0.3) is 5.91 Å². The molecule has 0 aliphatic heterocycles. The minimum absolute atomic E-state index is 0. The third-order valence-electron chi connectivity index (χ3n) is 5.67. The Labute approximate surface area is 216 Å². The van der Waals surface area contributed by atoms with Crippen LogP contribution in [-0.2, 0) is 4.74 Å². The maximum atomic E-state index is 12.3. The second-order valence-electron chi connectivity index (χ2n) is 7.95. The van der Waals surface area contributed by atoms with E-state index in [0.29, 0.717) is 23.6 Å². The number of benzene rings is 2. The van der Waals surface area contributed by atoms with Crippen LogP contribution in [0, 0.1) is 0 Å². The zero-order valence-corrected chi connectivity index (χ0v) is 21.2. The quantitative estimate of drug-likeness (QED) is 0.338. The predicted molar refractivity (Wildman–Crippen MR) is 146 cm³/mol. The Morgan fingerprint density at radius 2 is 1.81 bits per heavy atom. The standard InChI is InChI=1S/C26H26N6O3.H2S/c1-16(19-5-4-6-20-21(25(33)27-2)11-12-28-24(19)20)14-29-23-13-22(30-15-31-23)17-7-9-18(10-8-17)32-26(34)35-3;/h4-13,15-16H,14H2,1-3H3,(H,27,33)(H,32,34)(H,29,30,31);1H2/t16-;/m1./s1. The molecule has 9 nitrogen and oxygen atoms in total. The van der Waals surface area contributed by atoms with Crippen molar-refractivity contribution in [3.8, 4) is 11.3 Å². The summed E-state index contributed by atoms with van der Waals surface area (Å²) in [6.45, 7) is 2.72. The number of hydrogen-bond donors (Lipinski definition) is 3. The molecule has 0 saturated carbocycles. The minimum atomic E-state index is -0.522. The second kappa shape index (κ2) is 12.0. The third-order valence-corrected chi connectivity index (χ3v) is 5.67. The molecule has 2 heterocycles. The molecule has 2 aromatic heterocycles. The first-order valence-electron chi connectivity index (χ1n) is 11.1. The van der Waals surface area contributed by atoms with Gasteiger partial charge in [0.2, 0.25) is 0 Å². The summed E-state index contributed by atoms with van der Waals surface area (Å²) < 4.78 is 4.61. The summed E-state index contributed by atoms with van der Waals surface area (Å²) in [4.78, 5) is 36.9. The molecule has 186 valence electrons. The lowest BCUT2D eigenvalue weighted by molar-refractivity contribution is 0.0964. The van der Waals surface area contributed by atoms with Gasteiger partial charge in [0.15, 0.2) is 0 Å². The lowest BCUT2D eigenvalue weighted by Gasteiger charge is -2.16. The number of carbonyl (C=O) groups is 2. The fourth-order valence-electron chi connectivity index (χ4n) is 3.80. The molecule has 4 aromatic rings. The fourth-order valence-corrected chi connectivity index (χ4v) is 3.80. The van der Waals surface area contributed by atoms with Gasteiger partial charge >= 0.3 is 6.09 Å². The number of hydrogen-bond acceptors (Lipinski definition) is 7. The van der Waals surface area contributed by atoms with Gasteiger partial charge in [-0.15, -0.1) is 0 Å². The Morgan fingerprint density at radius 1 is 1.03 bits per heavy atom. The summed E-state index contributed by atoms with van der Waals surface area (Å²) in [5.74, 6) is 0.661. The number of nitrogens with one attached hydrogen (secondary N) is 3. The van der Waals surface area contributed by atoms with Gasteiger partial charge in [0.05, 0.1) is 23.9 Å². The van der Waals surface area contributed by atoms with Crippen molar-refractivity contribution in [2.75, 3.05) is 31.3 Å². The molecule has 0 bridgehead atoms. The Morgan fingerprint density at radius 3 is 2.53 bits per heavy atom. The van der Waals surface area contributed by atoms with Gasteiger partial charge in [0, 0.05) is 48.4 Å². The van der Waals surface area contributed by atoms with E-state index in [0.717, 1.165) is 27.7 Å². The number of nitrogens with zero attached hydrogens (tertiary/aromatic N) is 3. The monoisotopic (exact) mass is 504 g/mol. The van der Waals surface area contributed by atoms with Crippen LogP contribution in [0.1, 0.15) is 28.8 Å². The number of pyridine rings is 1. The zero-order chi connectivity index (χ0) is 24.8. The van der Waals surface area contributed by atoms with E-state index < -0.39 is 6.09 Å². The highest BCUT2D eigenvalue weighted by Gasteiger charge is 2.15. The Kier molecular flexibility index (Phi) is 8.80. The van der Waals surface area contributed by atoms with Gasteiger partial charge in [-0.1, -0.05) is 37.3 Å². The maximum absolute atomic E-state index is 12.3. The summed E-state index contributed by atoms with van der Waals surface area (Å²) in [5, 5.41) is 9.51. The van der Waals surface area contributed by atoms with Crippen molar-refractivity contribution < 1.29 is 14.3 Å². The number of aromatic nitrogens is 3. The number of fused-ring (bicyclic) bond motifs is 1. The van der Waals surface area contributed by atoms with Gasteiger partial charge in [-0.25, -0.2) is 14.8 Å². The third kappa shape index (κ3) is 5.89. The number of amides is 2. The molecule has 2 aromatic carbocycles. The van der Waals surface area contributed by atoms with E-state index in [4.69, 9.17) is 0 Å². The molecule has 3 N–H and O–H groups in total. The first-order chi connectivity index (χ1) is 17.0. The number of anilines is 2. The van der Waals surface area contributed by atoms with Crippen LogP contribution in [0.5, 0.6) is 0 Å². The average Bonchev–Trinajstić information content (AvgIpc) is 2.91. The molecule has 0 fully saturated rings. The number of para-hydroxylation sites is 1. The molecule has 36 heavy (non-hydrogen) atoms. The molecule has 10 heteroatoms. The summed E-state index contributed by atoms with van der Waals surface area (Å²) in [6.07, 6.45) is 2.66. The molecule has 0 aliphatic rings. The van der Waals surface area contributed by atoms with E-state index in [1.807, 2.05) is 36.4 Å². The molecule has 0 spiro atoms. The van der Waals surface area contributed by atoms with Crippen molar-refractivity contribution in [2.45, 2.75) is 12.8 Å². The van der Waals surface area contributed by atoms with Crippen LogP contribution in [0.3, 0.4) is 0 Å².